The summed E-state index contributed by atoms with van der Waals surface area (Å²) in [6, 6.07) is 11.3. The molecular formula is C19H22N6O2. The minimum Gasteiger partial charge on any atom is -0.341 e. The first-order valence-corrected chi connectivity index (χ1v) is 9.17. The lowest BCUT2D eigenvalue weighted by atomic mass is 9.93. The lowest BCUT2D eigenvalue weighted by Gasteiger charge is -2.31. The number of piperidine rings is 1. The Labute approximate surface area is 156 Å². The second-order valence-electron chi connectivity index (χ2n) is 6.85. The minimum absolute atomic E-state index is 0.0955. The summed E-state index contributed by atoms with van der Waals surface area (Å²) in [5.74, 6) is 1.24. The van der Waals surface area contributed by atoms with E-state index in [2.05, 4.69) is 15.3 Å². The Kier molecular flexibility index (Phi) is 4.86. The number of benzene rings is 1. The lowest BCUT2D eigenvalue weighted by molar-refractivity contribution is -0.133. The molecule has 4 rings (SSSR count). The van der Waals surface area contributed by atoms with E-state index < -0.39 is 0 Å². The molecule has 1 aliphatic heterocycles. The van der Waals surface area contributed by atoms with Gasteiger partial charge in [0.15, 0.2) is 0 Å². The van der Waals surface area contributed by atoms with Crippen LogP contribution in [0.5, 0.6) is 0 Å². The van der Waals surface area contributed by atoms with Gasteiger partial charge in [-0.3, -0.25) is 9.48 Å². The first-order chi connectivity index (χ1) is 13.2. The topological polar surface area (TPSA) is 88.8 Å². The van der Waals surface area contributed by atoms with Gasteiger partial charge in [0.05, 0.1) is 5.69 Å². The fourth-order valence-corrected chi connectivity index (χ4v) is 3.59. The summed E-state index contributed by atoms with van der Waals surface area (Å²) in [7, 11) is 0. The Hall–Kier alpha value is -3.16. The molecule has 3 heterocycles. The average Bonchev–Trinajstić information content (AvgIpc) is 3.33. The molecule has 0 radical (unpaired) electrons. The number of likely N-dealkylation sites (tertiary alicyclic amines) is 1. The highest BCUT2D eigenvalue weighted by atomic mass is 16.2. The molecule has 1 fully saturated rings. The number of carbonyl (C=O) groups is 1. The van der Waals surface area contributed by atoms with Gasteiger partial charge in [0, 0.05) is 31.9 Å². The van der Waals surface area contributed by atoms with Crippen molar-refractivity contribution in [2.45, 2.75) is 25.8 Å². The van der Waals surface area contributed by atoms with Gasteiger partial charge in [-0.1, -0.05) is 18.2 Å². The summed E-state index contributed by atoms with van der Waals surface area (Å²) >= 11 is 0. The third-order valence-corrected chi connectivity index (χ3v) is 5.05. The second-order valence-corrected chi connectivity index (χ2v) is 6.85. The van der Waals surface area contributed by atoms with Gasteiger partial charge in [-0.2, -0.15) is 10.2 Å². The van der Waals surface area contributed by atoms with E-state index >= 15 is 0 Å². The molecule has 27 heavy (non-hydrogen) atoms. The van der Waals surface area contributed by atoms with E-state index in [0.29, 0.717) is 5.92 Å². The van der Waals surface area contributed by atoms with Crippen LogP contribution in [-0.4, -0.2) is 48.4 Å². The minimum atomic E-state index is -0.219. The first kappa shape index (κ1) is 17.3. The van der Waals surface area contributed by atoms with Crippen LogP contribution in [0.2, 0.25) is 0 Å². The van der Waals surface area contributed by atoms with Gasteiger partial charge in [0.25, 0.3) is 0 Å². The van der Waals surface area contributed by atoms with Crippen molar-refractivity contribution in [3.05, 3.63) is 65.1 Å². The number of H-pyrrole nitrogens is 1. The van der Waals surface area contributed by atoms with Crippen LogP contribution < -0.4 is 5.69 Å². The molecule has 1 aliphatic rings. The Balaban J connectivity index is 1.38. The third-order valence-electron chi connectivity index (χ3n) is 5.05. The van der Waals surface area contributed by atoms with Gasteiger partial charge in [-0.15, -0.1) is 0 Å². The van der Waals surface area contributed by atoms with E-state index in [-0.39, 0.29) is 18.1 Å². The maximum Gasteiger partial charge on any atom is 0.347 e. The van der Waals surface area contributed by atoms with Crippen molar-refractivity contribution in [3.8, 4) is 5.69 Å². The number of hydrogen-bond acceptors (Lipinski definition) is 4. The van der Waals surface area contributed by atoms with Crippen molar-refractivity contribution >= 4 is 5.91 Å². The molecule has 0 unspecified atom stereocenters. The van der Waals surface area contributed by atoms with E-state index in [1.807, 2.05) is 41.3 Å². The number of nitrogens with one attached hydrogen (secondary N) is 1. The highest BCUT2D eigenvalue weighted by Gasteiger charge is 2.25. The number of amides is 1. The molecule has 8 nitrogen and oxygen atoms in total. The van der Waals surface area contributed by atoms with Crippen molar-refractivity contribution in [1.29, 1.82) is 0 Å². The van der Waals surface area contributed by atoms with Crippen molar-refractivity contribution in [2.24, 2.45) is 5.92 Å². The second kappa shape index (κ2) is 7.61. The molecule has 140 valence electrons. The summed E-state index contributed by atoms with van der Waals surface area (Å²) in [6.07, 6.45) is 6.00. The van der Waals surface area contributed by atoms with Crippen molar-refractivity contribution < 1.29 is 4.79 Å². The van der Waals surface area contributed by atoms with Gasteiger partial charge in [-0.25, -0.2) is 14.5 Å². The normalized spacial score (nSPS) is 15.2. The molecule has 1 amide bonds. The number of hydrogen-bond donors (Lipinski definition) is 1. The summed E-state index contributed by atoms with van der Waals surface area (Å²) < 4.78 is 3.28. The molecule has 0 atom stereocenters. The van der Waals surface area contributed by atoms with Crippen LogP contribution in [0.3, 0.4) is 0 Å². The Morgan fingerprint density at radius 3 is 2.63 bits per heavy atom. The van der Waals surface area contributed by atoms with Crippen LogP contribution in [0.25, 0.3) is 5.69 Å². The maximum absolute atomic E-state index is 12.4. The van der Waals surface area contributed by atoms with E-state index in [1.54, 1.807) is 21.6 Å². The van der Waals surface area contributed by atoms with E-state index in [9.17, 15) is 9.59 Å². The van der Waals surface area contributed by atoms with Crippen LogP contribution in [-0.2, 0) is 17.8 Å². The largest absolute Gasteiger partial charge is 0.347 e. The van der Waals surface area contributed by atoms with Crippen LogP contribution in [0, 0.1) is 5.92 Å². The molecule has 2 aromatic heterocycles. The predicted octanol–water partition coefficient (Wildman–Crippen LogP) is 1.24. The van der Waals surface area contributed by atoms with E-state index in [1.165, 1.54) is 0 Å². The first-order valence-electron chi connectivity index (χ1n) is 9.17. The number of nitrogens with zero attached hydrogens (tertiary/aromatic N) is 5. The Morgan fingerprint density at radius 2 is 1.93 bits per heavy atom. The van der Waals surface area contributed by atoms with Gasteiger partial charge < -0.3 is 4.90 Å². The highest BCUT2D eigenvalue weighted by molar-refractivity contribution is 5.75. The fourth-order valence-electron chi connectivity index (χ4n) is 3.59. The van der Waals surface area contributed by atoms with Gasteiger partial charge in [0.1, 0.15) is 12.4 Å². The van der Waals surface area contributed by atoms with Crippen molar-refractivity contribution in [3.63, 3.8) is 0 Å². The summed E-state index contributed by atoms with van der Waals surface area (Å²) in [4.78, 5) is 26.4. The number of aromatic amines is 1. The van der Waals surface area contributed by atoms with Crippen LogP contribution in [0.4, 0.5) is 0 Å². The number of rotatable bonds is 5. The number of aromatic nitrogens is 5. The molecule has 1 aromatic carbocycles. The predicted molar refractivity (Wildman–Crippen MR) is 99.4 cm³/mol. The molecule has 8 heteroatoms. The third kappa shape index (κ3) is 3.84. The SMILES string of the molecule is O=C(Cn1cccn1)N1CCC(Cc2n[nH]c(=O)n2-c2ccccc2)CC1. The van der Waals surface area contributed by atoms with Crippen LogP contribution in [0.1, 0.15) is 18.7 Å². The molecular weight excluding hydrogens is 344 g/mol. The van der Waals surface area contributed by atoms with Gasteiger partial charge in [-0.05, 0) is 37.0 Å². The van der Waals surface area contributed by atoms with E-state index in [0.717, 1.165) is 43.9 Å². The zero-order valence-corrected chi connectivity index (χ0v) is 15.0. The molecule has 1 N–H and O–H groups in total. The van der Waals surface area contributed by atoms with E-state index in [4.69, 9.17) is 0 Å². The molecule has 0 spiro atoms. The summed E-state index contributed by atoms with van der Waals surface area (Å²) in [5, 5.41) is 10.9. The maximum atomic E-state index is 12.4. The quantitative estimate of drug-likeness (QED) is 0.736. The van der Waals surface area contributed by atoms with Gasteiger partial charge >= 0.3 is 5.69 Å². The van der Waals surface area contributed by atoms with Crippen LogP contribution in [0.15, 0.2) is 53.6 Å². The zero-order valence-electron chi connectivity index (χ0n) is 15.0. The average molecular weight is 366 g/mol. The van der Waals surface area contributed by atoms with Crippen molar-refractivity contribution in [1.82, 2.24) is 29.4 Å². The van der Waals surface area contributed by atoms with Crippen molar-refractivity contribution in [2.75, 3.05) is 13.1 Å². The molecule has 0 aliphatic carbocycles. The summed E-state index contributed by atoms with van der Waals surface area (Å²) in [5.41, 5.74) is 0.598. The summed E-state index contributed by atoms with van der Waals surface area (Å²) in [6.45, 7) is 1.74. The van der Waals surface area contributed by atoms with Gasteiger partial charge in [0.2, 0.25) is 5.91 Å². The molecule has 1 saturated heterocycles. The standard InChI is InChI=1S/C19H22N6O2/c26-18(14-24-10-4-9-20-24)23-11-7-15(8-12-23)13-17-21-22-19(27)25(17)16-5-2-1-3-6-16/h1-6,9-10,15H,7-8,11-14H2,(H,22,27). The fraction of sp³-hybridized carbons (Fsp3) is 0.368. The molecule has 3 aromatic rings. The number of carbonyl (C=O) groups excluding carboxylic acids is 1. The lowest BCUT2D eigenvalue weighted by Crippen LogP contribution is -2.40. The van der Waals surface area contributed by atoms with Crippen LogP contribution >= 0.6 is 0 Å². The number of para-hydroxylation sites is 1. The monoisotopic (exact) mass is 366 g/mol. The smallest absolute Gasteiger partial charge is 0.341 e. The zero-order chi connectivity index (χ0) is 18.6. The highest BCUT2D eigenvalue weighted by Crippen LogP contribution is 2.21. The molecule has 0 bridgehead atoms. The Morgan fingerprint density at radius 1 is 1.15 bits per heavy atom. The molecule has 0 saturated carbocycles. The Bertz CT molecular complexity index is 936.